The van der Waals surface area contributed by atoms with E-state index in [0.29, 0.717) is 6.54 Å². The molecule has 0 unspecified atom stereocenters. The molecule has 0 aliphatic rings. The molecule has 0 atom stereocenters. The summed E-state index contributed by atoms with van der Waals surface area (Å²) in [5.41, 5.74) is 11.7. The number of rotatable bonds is 3. The van der Waals surface area contributed by atoms with Gasteiger partial charge in [-0.15, -0.1) is 0 Å². The Morgan fingerprint density at radius 3 is 2.76 bits per heavy atom. The molecule has 0 fully saturated rings. The van der Waals surface area contributed by atoms with E-state index in [2.05, 4.69) is 43.3 Å². The van der Waals surface area contributed by atoms with Crippen molar-refractivity contribution in [3.8, 4) is 11.3 Å². The van der Waals surface area contributed by atoms with Crippen molar-refractivity contribution in [3.05, 3.63) is 41.1 Å². The molecule has 90 valence electrons. The number of nitrogens with zero attached hydrogens (tertiary/aromatic N) is 2. The standard InChI is InChI=1S/C14H19N3/c1-10-4-5-11(2)13(8-10)14-12(6-7-15)9-17(3)16-14/h4-5,8-9H,6-7,15H2,1-3H3. The van der Waals surface area contributed by atoms with Gasteiger partial charge in [-0.3, -0.25) is 4.68 Å². The fourth-order valence-electron chi connectivity index (χ4n) is 2.09. The molecule has 0 saturated carbocycles. The second-order valence-electron chi connectivity index (χ2n) is 4.53. The van der Waals surface area contributed by atoms with Gasteiger partial charge in [-0.2, -0.15) is 5.10 Å². The first-order chi connectivity index (χ1) is 8.11. The van der Waals surface area contributed by atoms with E-state index in [0.717, 1.165) is 12.1 Å². The van der Waals surface area contributed by atoms with Crippen LogP contribution in [-0.4, -0.2) is 16.3 Å². The van der Waals surface area contributed by atoms with Crippen molar-refractivity contribution in [3.63, 3.8) is 0 Å². The van der Waals surface area contributed by atoms with Crippen LogP contribution in [0, 0.1) is 13.8 Å². The predicted octanol–water partition coefficient (Wildman–Crippen LogP) is 2.21. The normalized spacial score (nSPS) is 10.8. The minimum atomic E-state index is 0.656. The molecule has 3 heteroatoms. The highest BCUT2D eigenvalue weighted by molar-refractivity contribution is 5.67. The van der Waals surface area contributed by atoms with Gasteiger partial charge in [0.2, 0.25) is 0 Å². The molecule has 0 aliphatic carbocycles. The summed E-state index contributed by atoms with van der Waals surface area (Å²) in [6.45, 7) is 4.88. The van der Waals surface area contributed by atoms with Gasteiger partial charge in [0.25, 0.3) is 0 Å². The first-order valence-corrected chi connectivity index (χ1v) is 5.92. The minimum absolute atomic E-state index is 0.656. The molecule has 2 N–H and O–H groups in total. The van der Waals surface area contributed by atoms with E-state index in [1.165, 1.54) is 22.3 Å². The summed E-state index contributed by atoms with van der Waals surface area (Å²) in [5, 5.41) is 4.56. The lowest BCUT2D eigenvalue weighted by Gasteiger charge is -2.06. The largest absolute Gasteiger partial charge is 0.330 e. The maximum absolute atomic E-state index is 5.65. The lowest BCUT2D eigenvalue weighted by atomic mass is 9.99. The maximum atomic E-state index is 5.65. The molecule has 17 heavy (non-hydrogen) atoms. The average Bonchev–Trinajstić information content (AvgIpc) is 2.64. The van der Waals surface area contributed by atoms with Crippen LogP contribution in [0.4, 0.5) is 0 Å². The summed E-state index contributed by atoms with van der Waals surface area (Å²) in [7, 11) is 1.95. The Labute approximate surface area is 102 Å². The molecule has 2 aromatic rings. The molecule has 1 aromatic heterocycles. The van der Waals surface area contributed by atoms with Crippen LogP contribution in [0.1, 0.15) is 16.7 Å². The van der Waals surface area contributed by atoms with Gasteiger partial charge in [-0.25, -0.2) is 0 Å². The summed E-state index contributed by atoms with van der Waals surface area (Å²) in [4.78, 5) is 0. The fraction of sp³-hybridized carbons (Fsp3) is 0.357. The quantitative estimate of drug-likeness (QED) is 0.877. The van der Waals surface area contributed by atoms with E-state index < -0.39 is 0 Å². The number of aryl methyl sites for hydroxylation is 3. The molecule has 0 bridgehead atoms. The fourth-order valence-corrected chi connectivity index (χ4v) is 2.09. The van der Waals surface area contributed by atoms with E-state index in [1.807, 2.05) is 11.7 Å². The van der Waals surface area contributed by atoms with Gasteiger partial charge in [-0.05, 0) is 44.0 Å². The summed E-state index contributed by atoms with van der Waals surface area (Å²) >= 11 is 0. The highest BCUT2D eigenvalue weighted by Crippen LogP contribution is 2.26. The van der Waals surface area contributed by atoms with Crippen molar-refractivity contribution in [1.29, 1.82) is 0 Å². The van der Waals surface area contributed by atoms with Crippen molar-refractivity contribution in [2.45, 2.75) is 20.3 Å². The zero-order chi connectivity index (χ0) is 12.4. The molecule has 1 heterocycles. The van der Waals surface area contributed by atoms with Crippen molar-refractivity contribution >= 4 is 0 Å². The number of hydrogen-bond donors (Lipinski definition) is 1. The Morgan fingerprint density at radius 1 is 1.29 bits per heavy atom. The molecule has 0 saturated heterocycles. The molecular weight excluding hydrogens is 210 g/mol. The monoisotopic (exact) mass is 229 g/mol. The van der Waals surface area contributed by atoms with E-state index in [-0.39, 0.29) is 0 Å². The number of benzene rings is 1. The van der Waals surface area contributed by atoms with Gasteiger partial charge in [0.1, 0.15) is 0 Å². The maximum Gasteiger partial charge on any atom is 0.0958 e. The van der Waals surface area contributed by atoms with E-state index in [1.54, 1.807) is 0 Å². The summed E-state index contributed by atoms with van der Waals surface area (Å²) < 4.78 is 1.86. The van der Waals surface area contributed by atoms with Crippen LogP contribution in [0.25, 0.3) is 11.3 Å². The summed E-state index contributed by atoms with van der Waals surface area (Å²) in [6.07, 6.45) is 2.93. The summed E-state index contributed by atoms with van der Waals surface area (Å²) in [6, 6.07) is 6.47. The van der Waals surface area contributed by atoms with Crippen molar-refractivity contribution < 1.29 is 0 Å². The van der Waals surface area contributed by atoms with Crippen molar-refractivity contribution in [2.24, 2.45) is 12.8 Å². The zero-order valence-electron chi connectivity index (χ0n) is 10.7. The zero-order valence-corrected chi connectivity index (χ0v) is 10.7. The number of aromatic nitrogens is 2. The number of hydrogen-bond acceptors (Lipinski definition) is 2. The Hall–Kier alpha value is -1.61. The van der Waals surface area contributed by atoms with Crippen molar-refractivity contribution in [2.75, 3.05) is 6.54 Å². The van der Waals surface area contributed by atoms with E-state index >= 15 is 0 Å². The van der Waals surface area contributed by atoms with Crippen LogP contribution in [0.3, 0.4) is 0 Å². The van der Waals surface area contributed by atoms with Crippen LogP contribution in [0.2, 0.25) is 0 Å². The van der Waals surface area contributed by atoms with Crippen LogP contribution >= 0.6 is 0 Å². The molecule has 0 spiro atoms. The smallest absolute Gasteiger partial charge is 0.0958 e. The first kappa shape index (κ1) is 11.9. The van der Waals surface area contributed by atoms with Gasteiger partial charge < -0.3 is 5.73 Å². The van der Waals surface area contributed by atoms with Crippen LogP contribution < -0.4 is 5.73 Å². The van der Waals surface area contributed by atoms with Crippen LogP contribution in [0.15, 0.2) is 24.4 Å². The van der Waals surface area contributed by atoms with E-state index in [4.69, 9.17) is 5.73 Å². The molecule has 0 aliphatic heterocycles. The van der Waals surface area contributed by atoms with E-state index in [9.17, 15) is 0 Å². The second kappa shape index (κ2) is 4.72. The molecular formula is C14H19N3. The lowest BCUT2D eigenvalue weighted by molar-refractivity contribution is 0.769. The average molecular weight is 229 g/mol. The Bertz CT molecular complexity index is 526. The third-order valence-electron chi connectivity index (χ3n) is 2.97. The van der Waals surface area contributed by atoms with Gasteiger partial charge in [-0.1, -0.05) is 17.7 Å². The van der Waals surface area contributed by atoms with Crippen LogP contribution in [-0.2, 0) is 13.5 Å². The topological polar surface area (TPSA) is 43.8 Å². The first-order valence-electron chi connectivity index (χ1n) is 5.92. The SMILES string of the molecule is Cc1ccc(C)c(-c2nn(C)cc2CCN)c1. The predicted molar refractivity (Wildman–Crippen MR) is 70.9 cm³/mol. The van der Waals surface area contributed by atoms with Gasteiger partial charge in [0, 0.05) is 18.8 Å². The third-order valence-corrected chi connectivity index (χ3v) is 2.97. The Balaban J connectivity index is 2.55. The highest BCUT2D eigenvalue weighted by atomic mass is 15.2. The molecule has 2 rings (SSSR count). The minimum Gasteiger partial charge on any atom is -0.330 e. The number of nitrogens with two attached hydrogens (primary N) is 1. The molecule has 1 aromatic carbocycles. The lowest BCUT2D eigenvalue weighted by Crippen LogP contribution is -2.03. The van der Waals surface area contributed by atoms with Gasteiger partial charge in [0.15, 0.2) is 0 Å². The Morgan fingerprint density at radius 2 is 2.06 bits per heavy atom. The molecule has 0 amide bonds. The van der Waals surface area contributed by atoms with Gasteiger partial charge >= 0.3 is 0 Å². The van der Waals surface area contributed by atoms with Gasteiger partial charge in [0.05, 0.1) is 5.69 Å². The molecule has 0 radical (unpaired) electrons. The second-order valence-corrected chi connectivity index (χ2v) is 4.53. The van der Waals surface area contributed by atoms with Crippen molar-refractivity contribution in [1.82, 2.24) is 9.78 Å². The summed E-state index contributed by atoms with van der Waals surface area (Å²) in [5.74, 6) is 0. The molecule has 3 nitrogen and oxygen atoms in total. The highest BCUT2D eigenvalue weighted by Gasteiger charge is 2.11. The van der Waals surface area contributed by atoms with Crippen LogP contribution in [0.5, 0.6) is 0 Å². The Kier molecular flexibility index (Phi) is 3.29. The third kappa shape index (κ3) is 2.39.